The van der Waals surface area contributed by atoms with E-state index in [0.717, 1.165) is 17.0 Å². The predicted octanol–water partition coefficient (Wildman–Crippen LogP) is 2.88. The van der Waals surface area contributed by atoms with Gasteiger partial charge < -0.3 is 0 Å². The Morgan fingerprint density at radius 1 is 1.36 bits per heavy atom. The van der Waals surface area contributed by atoms with Crippen molar-refractivity contribution in [3.05, 3.63) is 58.4 Å². The van der Waals surface area contributed by atoms with Crippen LogP contribution in [0.15, 0.2) is 46.5 Å². The summed E-state index contributed by atoms with van der Waals surface area (Å²) in [6.45, 7) is 3.90. The van der Waals surface area contributed by atoms with Crippen molar-refractivity contribution in [1.29, 1.82) is 0 Å². The Hall–Kier alpha value is -2.40. The molecule has 22 heavy (non-hydrogen) atoms. The molecule has 0 unspecified atom stereocenters. The maximum Gasteiger partial charge on any atom is 0.261 e. The topological polar surface area (TPSA) is 59.3 Å². The predicted molar refractivity (Wildman–Crippen MR) is 88.6 cm³/mol. The Morgan fingerprint density at radius 2 is 2.09 bits per heavy atom. The number of hydrazone groups is 1. The molecule has 1 aromatic carbocycles. The molecule has 0 bridgehead atoms. The van der Waals surface area contributed by atoms with E-state index in [0.29, 0.717) is 5.03 Å². The summed E-state index contributed by atoms with van der Waals surface area (Å²) in [5.74, 6) is -0.258. The van der Waals surface area contributed by atoms with Crippen molar-refractivity contribution in [2.24, 2.45) is 5.10 Å². The molecule has 114 valence electrons. The SMILES string of the molecule is Cc1cc(C)n(CC(=O)NN=CC(Cl)=Cc2ccccc2)n1. The third-order valence-corrected chi connectivity index (χ3v) is 3.08. The van der Waals surface area contributed by atoms with Crippen LogP contribution in [0.1, 0.15) is 17.0 Å². The van der Waals surface area contributed by atoms with Gasteiger partial charge in [0, 0.05) is 5.69 Å². The van der Waals surface area contributed by atoms with Crippen LogP contribution in [0, 0.1) is 13.8 Å². The zero-order valence-corrected chi connectivity index (χ0v) is 13.2. The van der Waals surface area contributed by atoms with Gasteiger partial charge in [0.25, 0.3) is 5.91 Å². The Labute approximate surface area is 134 Å². The number of amides is 1. The van der Waals surface area contributed by atoms with Crippen molar-refractivity contribution in [2.75, 3.05) is 0 Å². The molecule has 1 N–H and O–H groups in total. The van der Waals surface area contributed by atoms with Gasteiger partial charge >= 0.3 is 0 Å². The van der Waals surface area contributed by atoms with Crippen LogP contribution in [0.25, 0.3) is 6.08 Å². The average Bonchev–Trinajstić information content (AvgIpc) is 2.77. The van der Waals surface area contributed by atoms with Gasteiger partial charge in [-0.15, -0.1) is 0 Å². The van der Waals surface area contributed by atoms with E-state index in [4.69, 9.17) is 11.6 Å². The van der Waals surface area contributed by atoms with Crippen LogP contribution in [0.2, 0.25) is 0 Å². The third-order valence-electron chi connectivity index (χ3n) is 2.88. The molecule has 0 aliphatic rings. The molecule has 0 aliphatic heterocycles. The number of nitrogens with zero attached hydrogens (tertiary/aromatic N) is 3. The number of allylic oxidation sites excluding steroid dienone is 1. The first-order valence-corrected chi connectivity index (χ1v) is 7.17. The highest BCUT2D eigenvalue weighted by Gasteiger charge is 2.05. The molecule has 0 atom stereocenters. The van der Waals surface area contributed by atoms with E-state index >= 15 is 0 Å². The minimum atomic E-state index is -0.258. The minimum Gasteiger partial charge on any atom is -0.271 e. The Bertz CT molecular complexity index is 704. The van der Waals surface area contributed by atoms with E-state index in [9.17, 15) is 4.79 Å². The number of halogens is 1. The Kier molecular flexibility index (Phi) is 5.49. The maximum atomic E-state index is 11.8. The molecule has 1 aromatic heterocycles. The van der Waals surface area contributed by atoms with Crippen molar-refractivity contribution in [3.8, 4) is 0 Å². The van der Waals surface area contributed by atoms with Gasteiger partial charge in [-0.3, -0.25) is 9.48 Å². The van der Waals surface area contributed by atoms with E-state index < -0.39 is 0 Å². The number of aromatic nitrogens is 2. The zero-order chi connectivity index (χ0) is 15.9. The smallest absolute Gasteiger partial charge is 0.261 e. The lowest BCUT2D eigenvalue weighted by Gasteiger charge is -2.02. The normalized spacial score (nSPS) is 11.9. The number of rotatable bonds is 5. The van der Waals surface area contributed by atoms with Gasteiger partial charge in [0.1, 0.15) is 6.54 Å². The Balaban J connectivity index is 1.88. The third kappa shape index (κ3) is 4.86. The minimum absolute atomic E-state index is 0.122. The molecular formula is C16H17ClN4O. The highest BCUT2D eigenvalue weighted by Crippen LogP contribution is 2.07. The van der Waals surface area contributed by atoms with Crippen molar-refractivity contribution in [3.63, 3.8) is 0 Å². The molecule has 0 radical (unpaired) electrons. The van der Waals surface area contributed by atoms with Crippen LogP contribution in [-0.2, 0) is 11.3 Å². The number of hydrogen-bond donors (Lipinski definition) is 1. The van der Waals surface area contributed by atoms with Crippen molar-refractivity contribution >= 4 is 29.8 Å². The van der Waals surface area contributed by atoms with Crippen molar-refractivity contribution < 1.29 is 4.79 Å². The first-order chi connectivity index (χ1) is 10.5. The van der Waals surface area contributed by atoms with E-state index in [-0.39, 0.29) is 12.5 Å². The van der Waals surface area contributed by atoms with Gasteiger partial charge in [0.15, 0.2) is 0 Å². The molecule has 2 rings (SSSR count). The maximum absolute atomic E-state index is 11.8. The van der Waals surface area contributed by atoms with Crippen LogP contribution < -0.4 is 5.43 Å². The standard InChI is InChI=1S/C16H17ClN4O/c1-12-8-13(2)21(20-12)11-16(22)19-18-10-15(17)9-14-6-4-3-5-7-14/h3-10H,11H2,1-2H3,(H,19,22). The van der Waals surface area contributed by atoms with E-state index in [2.05, 4.69) is 15.6 Å². The van der Waals surface area contributed by atoms with E-state index in [1.165, 1.54) is 6.21 Å². The van der Waals surface area contributed by atoms with Gasteiger partial charge in [-0.1, -0.05) is 41.9 Å². The monoisotopic (exact) mass is 316 g/mol. The van der Waals surface area contributed by atoms with E-state index in [1.807, 2.05) is 50.2 Å². The molecule has 6 heteroatoms. The summed E-state index contributed by atoms with van der Waals surface area (Å²) >= 11 is 6.03. The lowest BCUT2D eigenvalue weighted by Crippen LogP contribution is -2.24. The molecule has 0 saturated carbocycles. The molecule has 1 amide bonds. The van der Waals surface area contributed by atoms with Crippen LogP contribution in [0.5, 0.6) is 0 Å². The molecule has 0 saturated heterocycles. The molecule has 2 aromatic rings. The highest BCUT2D eigenvalue weighted by atomic mass is 35.5. The molecule has 0 fully saturated rings. The number of nitrogens with one attached hydrogen (secondary N) is 1. The number of carbonyl (C=O) groups is 1. The number of carbonyl (C=O) groups excluding carboxylic acids is 1. The first kappa shape index (κ1) is 16.0. The second-order valence-electron chi connectivity index (χ2n) is 4.82. The fraction of sp³-hybridized carbons (Fsp3) is 0.188. The largest absolute Gasteiger partial charge is 0.271 e. The summed E-state index contributed by atoms with van der Waals surface area (Å²) in [6, 6.07) is 11.5. The lowest BCUT2D eigenvalue weighted by atomic mass is 10.2. The molecule has 0 aliphatic carbocycles. The number of hydrogen-bond acceptors (Lipinski definition) is 3. The average molecular weight is 317 g/mol. The van der Waals surface area contributed by atoms with Gasteiger partial charge in [-0.2, -0.15) is 10.2 Å². The molecular weight excluding hydrogens is 300 g/mol. The quantitative estimate of drug-likeness (QED) is 0.681. The summed E-state index contributed by atoms with van der Waals surface area (Å²) in [4.78, 5) is 11.8. The van der Waals surface area contributed by atoms with Crippen molar-refractivity contribution in [2.45, 2.75) is 20.4 Å². The zero-order valence-electron chi connectivity index (χ0n) is 12.5. The summed E-state index contributed by atoms with van der Waals surface area (Å²) in [6.07, 6.45) is 3.16. The summed E-state index contributed by atoms with van der Waals surface area (Å²) in [7, 11) is 0. The van der Waals surface area contributed by atoms with Crippen molar-refractivity contribution in [1.82, 2.24) is 15.2 Å². The molecule has 0 spiro atoms. The fourth-order valence-electron chi connectivity index (χ4n) is 1.92. The number of aryl methyl sites for hydroxylation is 2. The molecule has 5 nitrogen and oxygen atoms in total. The molecule has 1 heterocycles. The second kappa shape index (κ2) is 7.56. The van der Waals surface area contributed by atoms with Crippen LogP contribution >= 0.6 is 11.6 Å². The van der Waals surface area contributed by atoms with Gasteiger partial charge in [-0.25, -0.2) is 5.43 Å². The Morgan fingerprint density at radius 3 is 2.73 bits per heavy atom. The summed E-state index contributed by atoms with van der Waals surface area (Å²) in [5.41, 5.74) is 5.20. The van der Waals surface area contributed by atoms with E-state index in [1.54, 1.807) is 10.8 Å². The highest BCUT2D eigenvalue weighted by molar-refractivity contribution is 6.41. The summed E-state index contributed by atoms with van der Waals surface area (Å²) in [5, 5.41) is 8.48. The summed E-state index contributed by atoms with van der Waals surface area (Å²) < 4.78 is 1.63. The van der Waals surface area contributed by atoms with Crippen LogP contribution in [-0.4, -0.2) is 21.9 Å². The first-order valence-electron chi connectivity index (χ1n) is 6.80. The van der Waals surface area contributed by atoms with Crippen LogP contribution in [0.4, 0.5) is 0 Å². The number of benzene rings is 1. The van der Waals surface area contributed by atoms with Gasteiger partial charge in [0.05, 0.1) is 16.9 Å². The van der Waals surface area contributed by atoms with Gasteiger partial charge in [0.2, 0.25) is 0 Å². The fourth-order valence-corrected chi connectivity index (χ4v) is 2.09. The van der Waals surface area contributed by atoms with Gasteiger partial charge in [-0.05, 0) is 31.6 Å². The second-order valence-corrected chi connectivity index (χ2v) is 5.25. The van der Waals surface area contributed by atoms with Crippen LogP contribution in [0.3, 0.4) is 0 Å². The lowest BCUT2D eigenvalue weighted by molar-refractivity contribution is -0.121.